The second-order valence-corrected chi connectivity index (χ2v) is 3.25. The highest BCUT2D eigenvalue weighted by atomic mass is 16.6. The van der Waals surface area contributed by atoms with E-state index in [0.29, 0.717) is 0 Å². The Kier molecular flexibility index (Phi) is 2.69. The number of nitro groups is 1. The molecule has 0 saturated heterocycles. The van der Waals surface area contributed by atoms with E-state index in [1.54, 1.807) is 10.8 Å². The third-order valence-corrected chi connectivity index (χ3v) is 2.21. The highest BCUT2D eigenvalue weighted by Gasteiger charge is 2.10. The predicted molar refractivity (Wildman–Crippen MR) is 53.3 cm³/mol. The molecule has 1 rings (SSSR count). The van der Waals surface area contributed by atoms with Crippen molar-refractivity contribution in [3.05, 3.63) is 32.8 Å². The second-order valence-electron chi connectivity index (χ2n) is 3.25. The lowest BCUT2D eigenvalue weighted by Gasteiger charge is -1.94. The van der Waals surface area contributed by atoms with E-state index in [-0.39, 0.29) is 5.70 Å². The maximum absolute atomic E-state index is 10.4. The van der Waals surface area contributed by atoms with Crippen LogP contribution in [0.2, 0.25) is 0 Å². The van der Waals surface area contributed by atoms with Crippen LogP contribution in [0, 0.1) is 24.0 Å². The maximum atomic E-state index is 10.4. The first kappa shape index (κ1) is 10.4. The van der Waals surface area contributed by atoms with Crippen molar-refractivity contribution in [2.75, 3.05) is 0 Å². The van der Waals surface area contributed by atoms with Gasteiger partial charge in [0.15, 0.2) is 0 Å². The minimum absolute atomic E-state index is 0.129. The summed E-state index contributed by atoms with van der Waals surface area (Å²) in [6.45, 7) is 5.21. The fourth-order valence-electron chi connectivity index (χ4n) is 1.26. The summed E-state index contributed by atoms with van der Waals surface area (Å²) >= 11 is 0. The molecular formula is C9H13N3O2. The first-order chi connectivity index (χ1) is 6.43. The molecule has 0 radical (unpaired) electrons. The first-order valence-electron chi connectivity index (χ1n) is 4.26. The predicted octanol–water partition coefficient (Wildman–Crippen LogP) is 1.67. The van der Waals surface area contributed by atoms with E-state index in [2.05, 4.69) is 5.10 Å². The van der Waals surface area contributed by atoms with E-state index in [1.807, 2.05) is 20.9 Å². The van der Waals surface area contributed by atoms with E-state index in [1.165, 1.54) is 6.92 Å². The quantitative estimate of drug-likeness (QED) is 0.532. The third-order valence-electron chi connectivity index (χ3n) is 2.21. The van der Waals surface area contributed by atoms with E-state index in [0.717, 1.165) is 17.0 Å². The molecule has 0 unspecified atom stereocenters. The lowest BCUT2D eigenvalue weighted by atomic mass is 10.2. The molecule has 0 atom stereocenters. The number of hydrogen-bond acceptors (Lipinski definition) is 3. The summed E-state index contributed by atoms with van der Waals surface area (Å²) in [5, 5.41) is 14.6. The molecule has 76 valence electrons. The lowest BCUT2D eigenvalue weighted by molar-refractivity contribution is -0.422. The van der Waals surface area contributed by atoms with Crippen molar-refractivity contribution in [2.45, 2.75) is 20.8 Å². The van der Waals surface area contributed by atoms with Gasteiger partial charge in [-0.25, -0.2) is 0 Å². The Hall–Kier alpha value is -1.65. The van der Waals surface area contributed by atoms with Crippen LogP contribution in [0.4, 0.5) is 0 Å². The van der Waals surface area contributed by atoms with Gasteiger partial charge in [-0.3, -0.25) is 14.8 Å². The van der Waals surface area contributed by atoms with Gasteiger partial charge in [-0.15, -0.1) is 0 Å². The Labute approximate surface area is 82.2 Å². The third kappa shape index (κ3) is 1.81. The Morgan fingerprint density at radius 2 is 2.14 bits per heavy atom. The molecule has 0 aromatic carbocycles. The standard InChI is InChI=1S/C9H13N3O2/c1-6(12(13)14)5-9-7(2)10-11(4)8(9)3/h5H,1-4H3. The number of allylic oxidation sites excluding steroid dienone is 1. The van der Waals surface area contributed by atoms with Crippen molar-refractivity contribution >= 4 is 6.08 Å². The second kappa shape index (κ2) is 3.61. The molecule has 0 bridgehead atoms. The zero-order chi connectivity index (χ0) is 10.9. The van der Waals surface area contributed by atoms with Gasteiger partial charge in [0, 0.05) is 31.3 Å². The highest BCUT2D eigenvalue weighted by molar-refractivity contribution is 5.55. The normalized spacial score (nSPS) is 11.9. The van der Waals surface area contributed by atoms with Crippen LogP contribution in [-0.2, 0) is 7.05 Å². The number of aryl methyl sites for hydroxylation is 2. The van der Waals surface area contributed by atoms with Gasteiger partial charge in [0.2, 0.25) is 5.70 Å². The van der Waals surface area contributed by atoms with Gasteiger partial charge in [-0.2, -0.15) is 5.10 Å². The van der Waals surface area contributed by atoms with Gasteiger partial charge in [0.05, 0.1) is 10.6 Å². The molecule has 1 aromatic rings. The van der Waals surface area contributed by atoms with E-state index < -0.39 is 4.92 Å². The average Bonchev–Trinajstić information content (AvgIpc) is 2.32. The van der Waals surface area contributed by atoms with Crippen LogP contribution in [-0.4, -0.2) is 14.7 Å². The monoisotopic (exact) mass is 195 g/mol. The summed E-state index contributed by atoms with van der Waals surface area (Å²) in [5.41, 5.74) is 2.71. The van der Waals surface area contributed by atoms with Crippen LogP contribution in [0.15, 0.2) is 5.70 Å². The smallest absolute Gasteiger partial charge is 0.243 e. The van der Waals surface area contributed by atoms with Crippen LogP contribution in [0.3, 0.4) is 0 Å². The van der Waals surface area contributed by atoms with Crippen LogP contribution in [0.5, 0.6) is 0 Å². The highest BCUT2D eigenvalue weighted by Crippen LogP contribution is 2.15. The summed E-state index contributed by atoms with van der Waals surface area (Å²) < 4.78 is 1.72. The molecule has 5 heteroatoms. The van der Waals surface area contributed by atoms with Crippen LogP contribution in [0.1, 0.15) is 23.9 Å². The van der Waals surface area contributed by atoms with Crippen LogP contribution in [0.25, 0.3) is 6.08 Å². The molecule has 0 saturated carbocycles. The summed E-state index contributed by atoms with van der Waals surface area (Å²) in [4.78, 5) is 10.0. The molecule has 0 spiro atoms. The van der Waals surface area contributed by atoms with Crippen molar-refractivity contribution in [2.24, 2.45) is 7.05 Å². The zero-order valence-corrected chi connectivity index (χ0v) is 8.74. The molecule has 0 fully saturated rings. The van der Waals surface area contributed by atoms with Gasteiger partial charge >= 0.3 is 0 Å². The molecule has 14 heavy (non-hydrogen) atoms. The first-order valence-corrected chi connectivity index (χ1v) is 4.26. The van der Waals surface area contributed by atoms with Gasteiger partial charge in [0.1, 0.15) is 0 Å². The van der Waals surface area contributed by atoms with E-state index >= 15 is 0 Å². The van der Waals surface area contributed by atoms with Crippen molar-refractivity contribution in [1.29, 1.82) is 0 Å². The summed E-state index contributed by atoms with van der Waals surface area (Å²) in [5.74, 6) is 0. The fourth-order valence-corrected chi connectivity index (χ4v) is 1.26. The summed E-state index contributed by atoms with van der Waals surface area (Å²) in [7, 11) is 1.82. The number of nitrogens with zero attached hydrogens (tertiary/aromatic N) is 3. The van der Waals surface area contributed by atoms with Gasteiger partial charge in [-0.1, -0.05) is 0 Å². The molecule has 0 amide bonds. The Balaban J connectivity index is 3.20. The van der Waals surface area contributed by atoms with Crippen LogP contribution >= 0.6 is 0 Å². The van der Waals surface area contributed by atoms with Gasteiger partial charge < -0.3 is 0 Å². The van der Waals surface area contributed by atoms with E-state index in [9.17, 15) is 10.1 Å². The Morgan fingerprint density at radius 1 is 1.57 bits per heavy atom. The van der Waals surface area contributed by atoms with Crippen molar-refractivity contribution in [3.63, 3.8) is 0 Å². The van der Waals surface area contributed by atoms with Crippen molar-refractivity contribution < 1.29 is 4.92 Å². The van der Waals surface area contributed by atoms with Gasteiger partial charge in [-0.05, 0) is 13.8 Å². The van der Waals surface area contributed by atoms with Crippen LogP contribution < -0.4 is 0 Å². The largest absolute Gasteiger partial charge is 0.272 e. The van der Waals surface area contributed by atoms with Gasteiger partial charge in [0.25, 0.3) is 0 Å². The zero-order valence-electron chi connectivity index (χ0n) is 8.74. The summed E-state index contributed by atoms with van der Waals surface area (Å²) in [6, 6.07) is 0. The SMILES string of the molecule is CC(=Cc1c(C)nn(C)c1C)[N+](=O)[O-]. The minimum Gasteiger partial charge on any atom is -0.272 e. The molecule has 0 aliphatic heterocycles. The maximum Gasteiger partial charge on any atom is 0.243 e. The number of rotatable bonds is 2. The minimum atomic E-state index is -0.397. The van der Waals surface area contributed by atoms with E-state index in [4.69, 9.17) is 0 Å². The molecule has 5 nitrogen and oxygen atoms in total. The Morgan fingerprint density at radius 3 is 2.50 bits per heavy atom. The molecule has 1 heterocycles. The molecule has 0 aliphatic rings. The molecule has 0 aliphatic carbocycles. The topological polar surface area (TPSA) is 61.0 Å². The number of aromatic nitrogens is 2. The summed E-state index contributed by atoms with van der Waals surface area (Å²) in [6.07, 6.45) is 1.55. The average molecular weight is 195 g/mol. The molecule has 1 aromatic heterocycles. The van der Waals surface area contributed by atoms with Crippen molar-refractivity contribution in [1.82, 2.24) is 9.78 Å². The molecule has 0 N–H and O–H groups in total. The molecular weight excluding hydrogens is 182 g/mol. The Bertz CT molecular complexity index is 404. The lowest BCUT2D eigenvalue weighted by Crippen LogP contribution is -1.95. The fraction of sp³-hybridized carbons (Fsp3) is 0.444. The number of hydrogen-bond donors (Lipinski definition) is 0. The van der Waals surface area contributed by atoms with Crippen molar-refractivity contribution in [3.8, 4) is 0 Å².